The van der Waals surface area contributed by atoms with E-state index in [9.17, 15) is 9.59 Å². The molecule has 0 spiro atoms. The third-order valence-corrected chi connectivity index (χ3v) is 5.69. The van der Waals surface area contributed by atoms with Crippen molar-refractivity contribution in [3.8, 4) is 0 Å². The smallest absolute Gasteiger partial charge is 0.236 e. The summed E-state index contributed by atoms with van der Waals surface area (Å²) in [6, 6.07) is 0.228. The fourth-order valence-corrected chi connectivity index (χ4v) is 4.06. The van der Waals surface area contributed by atoms with Crippen molar-refractivity contribution in [2.24, 2.45) is 5.41 Å². The average Bonchev–Trinajstić information content (AvgIpc) is 2.47. The highest BCUT2D eigenvalue weighted by Crippen LogP contribution is 2.45. The van der Waals surface area contributed by atoms with Crippen molar-refractivity contribution in [2.75, 3.05) is 32.7 Å². The zero-order chi connectivity index (χ0) is 14.9. The van der Waals surface area contributed by atoms with Gasteiger partial charge in [0.15, 0.2) is 0 Å². The highest BCUT2D eigenvalue weighted by molar-refractivity contribution is 5.84. The highest BCUT2D eigenvalue weighted by Gasteiger charge is 2.45. The molecule has 0 aromatic heterocycles. The quantitative estimate of drug-likeness (QED) is 0.844. The first-order valence-electron chi connectivity index (χ1n) is 8.46. The maximum absolute atomic E-state index is 12.9. The molecule has 3 aliphatic rings. The summed E-state index contributed by atoms with van der Waals surface area (Å²) in [4.78, 5) is 28.9. The Kier molecular flexibility index (Phi) is 4.20. The molecule has 1 saturated carbocycles. The van der Waals surface area contributed by atoms with E-state index < -0.39 is 0 Å². The van der Waals surface area contributed by atoms with Gasteiger partial charge in [-0.15, -0.1) is 0 Å². The van der Waals surface area contributed by atoms with Crippen LogP contribution in [0.25, 0.3) is 0 Å². The van der Waals surface area contributed by atoms with E-state index in [2.05, 4.69) is 12.2 Å². The predicted octanol–water partition coefficient (Wildman–Crippen LogP) is 0.989. The molecule has 118 valence electrons. The number of piperidine rings is 1. The Morgan fingerprint density at radius 2 is 2.14 bits per heavy atom. The van der Waals surface area contributed by atoms with Crippen molar-refractivity contribution < 1.29 is 9.59 Å². The Morgan fingerprint density at radius 3 is 2.76 bits per heavy atom. The maximum atomic E-state index is 12.9. The third-order valence-electron chi connectivity index (χ3n) is 5.69. The lowest BCUT2D eigenvalue weighted by molar-refractivity contribution is -0.152. The summed E-state index contributed by atoms with van der Waals surface area (Å²) in [5, 5.41) is 3.12. The number of likely N-dealkylation sites (tertiary alicyclic amines) is 1. The SMILES string of the molecule is CCC1(C(=O)N2CCCC(N3CCNCC3=O)C2)CCC1. The molecule has 3 fully saturated rings. The van der Waals surface area contributed by atoms with Gasteiger partial charge in [0, 0.05) is 37.6 Å². The van der Waals surface area contributed by atoms with Crippen LogP contribution >= 0.6 is 0 Å². The molecule has 2 amide bonds. The summed E-state index contributed by atoms with van der Waals surface area (Å²) < 4.78 is 0. The van der Waals surface area contributed by atoms with Crippen LogP contribution < -0.4 is 5.32 Å². The predicted molar refractivity (Wildman–Crippen MR) is 80.8 cm³/mol. The number of rotatable bonds is 3. The molecule has 1 aliphatic carbocycles. The molecular formula is C16H27N3O2. The number of carbonyl (C=O) groups excluding carboxylic acids is 2. The number of carbonyl (C=O) groups is 2. The molecule has 1 atom stereocenters. The second-order valence-electron chi connectivity index (χ2n) is 6.80. The first-order chi connectivity index (χ1) is 10.2. The van der Waals surface area contributed by atoms with Crippen molar-refractivity contribution in [1.29, 1.82) is 0 Å². The van der Waals surface area contributed by atoms with Crippen LogP contribution in [0.3, 0.4) is 0 Å². The number of nitrogens with one attached hydrogen (secondary N) is 1. The van der Waals surface area contributed by atoms with Gasteiger partial charge in [-0.1, -0.05) is 13.3 Å². The van der Waals surface area contributed by atoms with Crippen molar-refractivity contribution >= 4 is 11.8 Å². The molecule has 5 heteroatoms. The first-order valence-corrected chi connectivity index (χ1v) is 8.46. The molecule has 5 nitrogen and oxygen atoms in total. The van der Waals surface area contributed by atoms with Crippen molar-refractivity contribution in [2.45, 2.75) is 51.5 Å². The lowest BCUT2D eigenvalue weighted by Crippen LogP contribution is -2.59. The summed E-state index contributed by atoms with van der Waals surface area (Å²) >= 11 is 0. The second kappa shape index (κ2) is 5.95. The standard InChI is InChI=1S/C16H27N3O2/c1-2-16(6-4-7-16)15(21)18-9-3-5-13(12-18)19-10-8-17-11-14(19)20/h13,17H,2-12H2,1H3. The van der Waals surface area contributed by atoms with Gasteiger partial charge >= 0.3 is 0 Å². The van der Waals surface area contributed by atoms with Gasteiger partial charge in [-0.05, 0) is 32.1 Å². The number of amides is 2. The summed E-state index contributed by atoms with van der Waals surface area (Å²) in [5.41, 5.74) is -0.0741. The van der Waals surface area contributed by atoms with Crippen LogP contribution in [0.4, 0.5) is 0 Å². The lowest BCUT2D eigenvalue weighted by Gasteiger charge is -2.47. The van der Waals surface area contributed by atoms with Crippen molar-refractivity contribution in [3.05, 3.63) is 0 Å². The minimum absolute atomic E-state index is 0.0741. The molecule has 2 saturated heterocycles. The van der Waals surface area contributed by atoms with Gasteiger partial charge in [0.2, 0.25) is 11.8 Å². The molecule has 1 unspecified atom stereocenters. The maximum Gasteiger partial charge on any atom is 0.236 e. The summed E-state index contributed by atoms with van der Waals surface area (Å²) in [5.74, 6) is 0.540. The third kappa shape index (κ3) is 2.68. The van der Waals surface area contributed by atoms with Crippen LogP contribution in [0, 0.1) is 5.41 Å². The Balaban J connectivity index is 1.65. The van der Waals surface area contributed by atoms with Crippen LogP contribution in [0.5, 0.6) is 0 Å². The van der Waals surface area contributed by atoms with Gasteiger partial charge < -0.3 is 15.1 Å². The number of nitrogens with zero attached hydrogens (tertiary/aromatic N) is 2. The molecule has 3 rings (SSSR count). The van der Waals surface area contributed by atoms with Crippen LogP contribution in [0.1, 0.15) is 45.4 Å². The van der Waals surface area contributed by atoms with E-state index in [1.807, 2.05) is 9.80 Å². The molecule has 0 aromatic rings. The molecular weight excluding hydrogens is 266 g/mol. The Labute approximate surface area is 127 Å². The Hall–Kier alpha value is -1.10. The van der Waals surface area contributed by atoms with E-state index in [0.717, 1.165) is 58.3 Å². The van der Waals surface area contributed by atoms with Gasteiger partial charge in [-0.25, -0.2) is 0 Å². The van der Waals surface area contributed by atoms with Crippen LogP contribution in [0.15, 0.2) is 0 Å². The van der Waals surface area contributed by atoms with E-state index in [1.165, 1.54) is 6.42 Å². The molecule has 2 heterocycles. The molecule has 0 bridgehead atoms. The number of piperazine rings is 1. The number of hydrogen-bond donors (Lipinski definition) is 1. The fraction of sp³-hybridized carbons (Fsp3) is 0.875. The molecule has 21 heavy (non-hydrogen) atoms. The Bertz CT molecular complexity index is 414. The van der Waals surface area contributed by atoms with Gasteiger partial charge in [-0.3, -0.25) is 9.59 Å². The van der Waals surface area contributed by atoms with Crippen molar-refractivity contribution in [3.63, 3.8) is 0 Å². The van der Waals surface area contributed by atoms with E-state index in [0.29, 0.717) is 12.5 Å². The molecule has 1 N–H and O–H groups in total. The van der Waals surface area contributed by atoms with E-state index in [4.69, 9.17) is 0 Å². The van der Waals surface area contributed by atoms with Crippen LogP contribution in [-0.2, 0) is 9.59 Å². The molecule has 0 radical (unpaired) electrons. The van der Waals surface area contributed by atoms with E-state index in [1.54, 1.807) is 0 Å². The van der Waals surface area contributed by atoms with Gasteiger partial charge in [0.1, 0.15) is 0 Å². The normalized spacial score (nSPS) is 29.2. The first kappa shape index (κ1) is 14.8. The largest absolute Gasteiger partial charge is 0.340 e. The van der Waals surface area contributed by atoms with Crippen LogP contribution in [0.2, 0.25) is 0 Å². The number of hydrogen-bond acceptors (Lipinski definition) is 3. The fourth-order valence-electron chi connectivity index (χ4n) is 4.06. The minimum Gasteiger partial charge on any atom is -0.340 e. The topological polar surface area (TPSA) is 52.7 Å². The van der Waals surface area contributed by atoms with Crippen molar-refractivity contribution in [1.82, 2.24) is 15.1 Å². The average molecular weight is 293 g/mol. The Morgan fingerprint density at radius 1 is 1.33 bits per heavy atom. The second-order valence-corrected chi connectivity index (χ2v) is 6.80. The molecule has 2 aliphatic heterocycles. The monoisotopic (exact) mass is 293 g/mol. The minimum atomic E-state index is -0.0741. The van der Waals surface area contributed by atoms with E-state index in [-0.39, 0.29) is 17.4 Å². The zero-order valence-electron chi connectivity index (χ0n) is 13.1. The molecule has 0 aromatic carbocycles. The summed E-state index contributed by atoms with van der Waals surface area (Å²) in [6.45, 7) is 5.85. The van der Waals surface area contributed by atoms with Crippen LogP contribution in [-0.4, -0.2) is 60.4 Å². The van der Waals surface area contributed by atoms with Gasteiger partial charge in [0.05, 0.1) is 6.54 Å². The van der Waals surface area contributed by atoms with Gasteiger partial charge in [-0.2, -0.15) is 0 Å². The highest BCUT2D eigenvalue weighted by atomic mass is 16.2. The lowest BCUT2D eigenvalue weighted by atomic mass is 9.66. The zero-order valence-corrected chi connectivity index (χ0v) is 13.1. The van der Waals surface area contributed by atoms with E-state index >= 15 is 0 Å². The summed E-state index contributed by atoms with van der Waals surface area (Å²) in [7, 11) is 0. The summed E-state index contributed by atoms with van der Waals surface area (Å²) in [6.07, 6.45) is 6.31. The van der Waals surface area contributed by atoms with Gasteiger partial charge in [0.25, 0.3) is 0 Å².